The highest BCUT2D eigenvalue weighted by Crippen LogP contribution is 2.29. The van der Waals surface area contributed by atoms with E-state index in [0.717, 1.165) is 11.4 Å². The fourth-order valence-corrected chi connectivity index (χ4v) is 3.94. The monoisotopic (exact) mass is 323 g/mol. The molecule has 0 aliphatic carbocycles. The summed E-state index contributed by atoms with van der Waals surface area (Å²) in [4.78, 5) is 10.5. The highest BCUT2D eigenvalue weighted by Gasteiger charge is 2.41. The molecule has 0 radical (unpaired) electrons. The number of benzene rings is 1. The Morgan fingerprint density at radius 1 is 1.29 bits per heavy atom. The first-order valence-corrected chi connectivity index (χ1v) is 7.48. The van der Waals surface area contributed by atoms with Crippen molar-refractivity contribution in [3.63, 3.8) is 0 Å². The van der Waals surface area contributed by atoms with Crippen molar-refractivity contribution in [2.45, 2.75) is 23.8 Å². The molecule has 2 rings (SSSR count). The zero-order valence-electron chi connectivity index (χ0n) is 11.0. The first kappa shape index (κ1) is 15.8. The van der Waals surface area contributed by atoms with Crippen LogP contribution in [0.4, 0.5) is 13.2 Å². The lowest BCUT2D eigenvalue weighted by molar-refractivity contribution is -0.144. The lowest BCUT2D eigenvalue weighted by Gasteiger charge is -2.22. The Morgan fingerprint density at radius 3 is 2.57 bits per heavy atom. The van der Waals surface area contributed by atoms with E-state index in [1.54, 1.807) is 0 Å². The predicted octanol–water partition coefficient (Wildman–Crippen LogP) is 1.43. The summed E-state index contributed by atoms with van der Waals surface area (Å²) in [7, 11) is -3.36. The molecule has 1 aliphatic rings. The number of halogens is 3. The molecule has 9 heteroatoms. The molecule has 0 aromatic heterocycles. The molecule has 0 saturated carbocycles. The van der Waals surface area contributed by atoms with Crippen LogP contribution in [0.15, 0.2) is 17.0 Å². The smallest absolute Gasteiger partial charge is 0.324 e. The largest absolute Gasteiger partial charge is 0.468 e. The van der Waals surface area contributed by atoms with Gasteiger partial charge in [-0.25, -0.2) is 21.6 Å². The summed E-state index contributed by atoms with van der Waals surface area (Å²) in [6.07, 6.45) is 0.599. The average Bonchev–Trinajstić information content (AvgIpc) is 2.94. The number of sulfonamides is 1. The first-order valence-electron chi connectivity index (χ1n) is 6.04. The molecular weight excluding hydrogens is 311 g/mol. The third-order valence-corrected chi connectivity index (χ3v) is 5.19. The minimum absolute atomic E-state index is 0.0272. The maximum absolute atomic E-state index is 13.7. The molecule has 0 bridgehead atoms. The van der Waals surface area contributed by atoms with Gasteiger partial charge in [0.15, 0.2) is 17.5 Å². The summed E-state index contributed by atoms with van der Waals surface area (Å²) in [6, 6.07) is 0.0667. The van der Waals surface area contributed by atoms with E-state index in [1.165, 1.54) is 0 Å². The highest BCUT2D eigenvalue weighted by molar-refractivity contribution is 7.89. The van der Waals surface area contributed by atoms with E-state index in [-0.39, 0.29) is 13.0 Å². The van der Waals surface area contributed by atoms with Gasteiger partial charge in [0.25, 0.3) is 0 Å². The van der Waals surface area contributed by atoms with Crippen LogP contribution in [0.2, 0.25) is 0 Å². The van der Waals surface area contributed by atoms with Crippen molar-refractivity contribution >= 4 is 16.0 Å². The number of methoxy groups -OCH3 is 1. The minimum atomic E-state index is -4.46. The maximum atomic E-state index is 13.7. The number of carbonyl (C=O) groups is 1. The Labute approximate surface area is 119 Å². The van der Waals surface area contributed by atoms with Crippen LogP contribution in [0.3, 0.4) is 0 Å². The Bertz CT molecular complexity index is 677. The number of esters is 1. The standard InChI is InChI=1S/C12H12F3NO4S/c1-20-12(17)8-3-2-6-16(8)21(18,19)9-5-4-7(13)10(14)11(9)15/h4-5,8H,2-3,6H2,1H3. The summed E-state index contributed by atoms with van der Waals surface area (Å²) in [5.41, 5.74) is 0. The van der Waals surface area contributed by atoms with Crippen LogP contribution in [0.5, 0.6) is 0 Å². The molecule has 0 amide bonds. The third kappa shape index (κ3) is 2.62. The van der Waals surface area contributed by atoms with Gasteiger partial charge in [-0.1, -0.05) is 0 Å². The zero-order valence-corrected chi connectivity index (χ0v) is 11.8. The quantitative estimate of drug-likeness (QED) is 0.623. The van der Waals surface area contributed by atoms with E-state index in [0.29, 0.717) is 18.6 Å². The number of nitrogens with zero attached hydrogens (tertiary/aromatic N) is 1. The summed E-state index contributed by atoms with van der Waals surface area (Å²) >= 11 is 0. The van der Waals surface area contributed by atoms with Crippen molar-refractivity contribution in [2.75, 3.05) is 13.7 Å². The van der Waals surface area contributed by atoms with Crippen LogP contribution < -0.4 is 0 Å². The average molecular weight is 323 g/mol. The molecule has 1 heterocycles. The lowest BCUT2D eigenvalue weighted by Crippen LogP contribution is -2.41. The normalized spacial score (nSPS) is 19.7. The Morgan fingerprint density at radius 2 is 1.95 bits per heavy atom. The van der Waals surface area contributed by atoms with Crippen molar-refractivity contribution in [3.05, 3.63) is 29.6 Å². The molecule has 0 spiro atoms. The Kier molecular flexibility index (Phi) is 4.24. The summed E-state index contributed by atoms with van der Waals surface area (Å²) in [6.45, 7) is -0.0272. The van der Waals surface area contributed by atoms with Gasteiger partial charge in [-0.05, 0) is 25.0 Å². The van der Waals surface area contributed by atoms with Crippen LogP contribution in [0.25, 0.3) is 0 Å². The van der Waals surface area contributed by atoms with Gasteiger partial charge >= 0.3 is 5.97 Å². The number of hydrogen-bond acceptors (Lipinski definition) is 4. The third-order valence-electron chi connectivity index (χ3n) is 3.26. The van der Waals surface area contributed by atoms with Gasteiger partial charge < -0.3 is 4.74 Å². The van der Waals surface area contributed by atoms with Crippen molar-refractivity contribution in [1.82, 2.24) is 4.31 Å². The molecule has 1 atom stereocenters. The van der Waals surface area contributed by atoms with Gasteiger partial charge in [-0.2, -0.15) is 4.31 Å². The van der Waals surface area contributed by atoms with E-state index in [4.69, 9.17) is 0 Å². The van der Waals surface area contributed by atoms with E-state index >= 15 is 0 Å². The fraction of sp³-hybridized carbons (Fsp3) is 0.417. The van der Waals surface area contributed by atoms with E-state index < -0.39 is 44.4 Å². The SMILES string of the molecule is COC(=O)C1CCCN1S(=O)(=O)c1ccc(F)c(F)c1F. The molecule has 5 nitrogen and oxygen atoms in total. The van der Waals surface area contributed by atoms with E-state index in [1.807, 2.05) is 0 Å². The van der Waals surface area contributed by atoms with Gasteiger partial charge in [0.2, 0.25) is 10.0 Å². The maximum Gasteiger partial charge on any atom is 0.324 e. The lowest BCUT2D eigenvalue weighted by atomic mass is 10.2. The number of hydrogen-bond donors (Lipinski definition) is 0. The van der Waals surface area contributed by atoms with Crippen molar-refractivity contribution in [2.24, 2.45) is 0 Å². The van der Waals surface area contributed by atoms with Crippen LogP contribution in [0, 0.1) is 17.5 Å². The molecule has 1 fully saturated rings. The van der Waals surface area contributed by atoms with E-state index in [2.05, 4.69) is 4.74 Å². The number of ether oxygens (including phenoxy) is 1. The van der Waals surface area contributed by atoms with Crippen LogP contribution >= 0.6 is 0 Å². The molecule has 1 unspecified atom stereocenters. The second-order valence-electron chi connectivity index (χ2n) is 4.47. The van der Waals surface area contributed by atoms with Crippen molar-refractivity contribution in [3.8, 4) is 0 Å². The second-order valence-corrected chi connectivity index (χ2v) is 6.33. The first-order chi connectivity index (χ1) is 9.80. The molecule has 1 saturated heterocycles. The van der Waals surface area contributed by atoms with Crippen LogP contribution in [0.1, 0.15) is 12.8 Å². The summed E-state index contributed by atoms with van der Waals surface area (Å²) < 4.78 is 69.7. The molecule has 116 valence electrons. The van der Waals surface area contributed by atoms with Crippen LogP contribution in [-0.4, -0.2) is 38.4 Å². The topological polar surface area (TPSA) is 63.7 Å². The van der Waals surface area contributed by atoms with Gasteiger partial charge in [0, 0.05) is 6.54 Å². The molecule has 1 aromatic rings. The van der Waals surface area contributed by atoms with Gasteiger partial charge in [0.05, 0.1) is 7.11 Å². The predicted molar refractivity (Wildman–Crippen MR) is 65.2 cm³/mol. The van der Waals surface area contributed by atoms with Gasteiger partial charge in [-0.15, -0.1) is 0 Å². The molecule has 1 aromatic carbocycles. The van der Waals surface area contributed by atoms with Gasteiger partial charge in [0.1, 0.15) is 10.9 Å². The zero-order chi connectivity index (χ0) is 15.8. The Hall–Kier alpha value is -1.61. The fourth-order valence-electron chi connectivity index (χ4n) is 2.23. The van der Waals surface area contributed by atoms with Gasteiger partial charge in [-0.3, -0.25) is 4.79 Å². The summed E-state index contributed by atoms with van der Waals surface area (Å²) in [5.74, 6) is -5.94. The van der Waals surface area contributed by atoms with Crippen LogP contribution in [-0.2, 0) is 19.6 Å². The molecule has 0 N–H and O–H groups in total. The number of rotatable bonds is 3. The minimum Gasteiger partial charge on any atom is -0.468 e. The second kappa shape index (κ2) is 5.64. The number of carbonyl (C=O) groups excluding carboxylic acids is 1. The van der Waals surface area contributed by atoms with Crippen molar-refractivity contribution in [1.29, 1.82) is 0 Å². The molecule has 21 heavy (non-hydrogen) atoms. The molecule has 1 aliphatic heterocycles. The summed E-state index contributed by atoms with van der Waals surface area (Å²) in [5, 5.41) is 0. The Balaban J connectivity index is 2.47. The van der Waals surface area contributed by atoms with E-state index in [9.17, 15) is 26.4 Å². The molecular formula is C12H12F3NO4S. The van der Waals surface area contributed by atoms with Crippen molar-refractivity contribution < 1.29 is 31.1 Å². The highest BCUT2D eigenvalue weighted by atomic mass is 32.2.